The van der Waals surface area contributed by atoms with Gasteiger partial charge in [-0.1, -0.05) is 66.4 Å². The highest BCUT2D eigenvalue weighted by Gasteiger charge is 2.35. The van der Waals surface area contributed by atoms with Gasteiger partial charge in [0.2, 0.25) is 0 Å². The molecular weight excluding hydrogens is 362 g/mol. The number of phenols is 1. The predicted molar refractivity (Wildman–Crippen MR) is 112 cm³/mol. The Morgan fingerprint density at radius 2 is 1.77 bits per heavy atom. The van der Waals surface area contributed by atoms with E-state index in [1.54, 1.807) is 23.1 Å². The highest BCUT2D eigenvalue weighted by molar-refractivity contribution is 8.27. The zero-order valence-corrected chi connectivity index (χ0v) is 15.6. The molecule has 1 aliphatic heterocycles. The summed E-state index contributed by atoms with van der Waals surface area (Å²) >= 11 is 6.78. The number of amides is 1. The van der Waals surface area contributed by atoms with Crippen LogP contribution in [0, 0.1) is 0 Å². The fourth-order valence-corrected chi connectivity index (χ4v) is 4.35. The molecule has 0 unspecified atom stereocenters. The number of hydrogen-bond donors (Lipinski definition) is 1. The molecule has 1 saturated heterocycles. The Balaban J connectivity index is 1.76. The smallest absolute Gasteiger partial charge is 0.271 e. The third kappa shape index (κ3) is 2.89. The normalized spacial score (nSPS) is 16.4. The molecule has 3 aromatic rings. The van der Waals surface area contributed by atoms with Crippen LogP contribution in [0.4, 0.5) is 5.69 Å². The number of carbonyl (C=O) groups is 1. The maximum absolute atomic E-state index is 13.0. The maximum Gasteiger partial charge on any atom is 0.271 e. The molecule has 1 aliphatic rings. The van der Waals surface area contributed by atoms with E-state index in [1.165, 1.54) is 11.8 Å². The van der Waals surface area contributed by atoms with Crippen LogP contribution in [-0.2, 0) is 4.79 Å². The first-order valence-electron chi connectivity index (χ1n) is 8.10. The van der Waals surface area contributed by atoms with Crippen molar-refractivity contribution < 1.29 is 9.90 Å². The molecule has 1 heterocycles. The zero-order chi connectivity index (χ0) is 18.3. The van der Waals surface area contributed by atoms with Crippen molar-refractivity contribution in [3.63, 3.8) is 0 Å². The van der Waals surface area contributed by atoms with Crippen LogP contribution in [-0.4, -0.2) is 15.3 Å². The Kier molecular flexibility index (Phi) is 4.26. The van der Waals surface area contributed by atoms with Gasteiger partial charge in [0.25, 0.3) is 5.91 Å². The van der Waals surface area contributed by atoms with Gasteiger partial charge in [0, 0.05) is 0 Å². The Bertz CT molecular complexity index is 1090. The number of phenolic OH excluding ortho intramolecular Hbond substituents is 1. The summed E-state index contributed by atoms with van der Waals surface area (Å²) in [6.07, 6.45) is 0. The number of nitrogens with zero attached hydrogens (tertiary/aromatic N) is 1. The lowest BCUT2D eigenvalue weighted by Gasteiger charge is -2.15. The Morgan fingerprint density at radius 3 is 2.54 bits per heavy atom. The van der Waals surface area contributed by atoms with Crippen LogP contribution >= 0.6 is 24.0 Å². The van der Waals surface area contributed by atoms with E-state index in [2.05, 4.69) is 0 Å². The minimum atomic E-state index is -0.129. The van der Waals surface area contributed by atoms with Crippen molar-refractivity contribution in [3.8, 4) is 5.75 Å². The molecule has 0 spiro atoms. The molecule has 0 saturated carbocycles. The van der Waals surface area contributed by atoms with E-state index in [1.807, 2.05) is 55.5 Å². The van der Waals surface area contributed by atoms with Crippen LogP contribution < -0.4 is 4.90 Å². The number of carbonyl (C=O) groups excluding carboxylic acids is 1. The SMILES string of the molecule is C/C(=C1/SC(=S)N(c2ccc3ccccc3c2)C1=O)c1cccc(O)c1. The van der Waals surface area contributed by atoms with Crippen molar-refractivity contribution in [1.82, 2.24) is 0 Å². The van der Waals surface area contributed by atoms with E-state index in [9.17, 15) is 9.90 Å². The largest absolute Gasteiger partial charge is 0.508 e. The lowest BCUT2D eigenvalue weighted by Crippen LogP contribution is -2.27. The van der Waals surface area contributed by atoms with Gasteiger partial charge < -0.3 is 5.11 Å². The minimum Gasteiger partial charge on any atom is -0.508 e. The van der Waals surface area contributed by atoms with Gasteiger partial charge in [0.1, 0.15) is 5.75 Å². The molecule has 26 heavy (non-hydrogen) atoms. The standard InChI is InChI=1S/C21H15NO2S2/c1-13(15-7-4-8-18(23)12-15)19-20(24)22(21(25)26-19)17-10-9-14-5-2-3-6-16(14)11-17/h2-12,23H,1H3/b19-13-. The number of benzene rings is 3. The number of thioether (sulfide) groups is 1. The first kappa shape index (κ1) is 16.8. The van der Waals surface area contributed by atoms with Gasteiger partial charge in [-0.3, -0.25) is 9.69 Å². The van der Waals surface area contributed by atoms with E-state index >= 15 is 0 Å². The van der Waals surface area contributed by atoms with Crippen LogP contribution in [0.3, 0.4) is 0 Å². The molecule has 3 nitrogen and oxygen atoms in total. The lowest BCUT2D eigenvalue weighted by molar-refractivity contribution is -0.113. The molecule has 4 rings (SSSR count). The first-order valence-corrected chi connectivity index (χ1v) is 9.32. The van der Waals surface area contributed by atoms with E-state index < -0.39 is 0 Å². The molecule has 1 amide bonds. The highest BCUT2D eigenvalue weighted by Crippen LogP contribution is 2.40. The van der Waals surface area contributed by atoms with Crippen LogP contribution in [0.2, 0.25) is 0 Å². The summed E-state index contributed by atoms with van der Waals surface area (Å²) in [6, 6.07) is 20.8. The monoisotopic (exact) mass is 377 g/mol. The van der Waals surface area contributed by atoms with E-state index in [4.69, 9.17) is 12.2 Å². The number of rotatable bonds is 2. The van der Waals surface area contributed by atoms with E-state index in [-0.39, 0.29) is 11.7 Å². The summed E-state index contributed by atoms with van der Waals surface area (Å²) < 4.78 is 0.514. The molecule has 0 bridgehead atoms. The lowest BCUT2D eigenvalue weighted by atomic mass is 10.1. The van der Waals surface area contributed by atoms with E-state index in [0.717, 1.165) is 27.6 Å². The Morgan fingerprint density at radius 1 is 1.00 bits per heavy atom. The number of fused-ring (bicyclic) bond motifs is 1. The van der Waals surface area contributed by atoms with Crippen LogP contribution in [0.1, 0.15) is 12.5 Å². The first-order chi connectivity index (χ1) is 12.5. The van der Waals surface area contributed by atoms with Crippen molar-refractivity contribution in [1.29, 1.82) is 0 Å². The van der Waals surface area contributed by atoms with Crippen LogP contribution in [0.25, 0.3) is 16.3 Å². The molecular formula is C21H15NO2S2. The third-order valence-electron chi connectivity index (χ3n) is 4.38. The average Bonchev–Trinajstić information content (AvgIpc) is 2.95. The fourth-order valence-electron chi connectivity index (χ4n) is 3.01. The van der Waals surface area contributed by atoms with Crippen molar-refractivity contribution in [2.75, 3.05) is 4.90 Å². The van der Waals surface area contributed by atoms with Crippen LogP contribution in [0.5, 0.6) is 5.75 Å². The number of thiocarbonyl (C=S) groups is 1. The summed E-state index contributed by atoms with van der Waals surface area (Å²) in [5.41, 5.74) is 2.38. The van der Waals surface area contributed by atoms with Crippen molar-refractivity contribution >= 4 is 56.2 Å². The topological polar surface area (TPSA) is 40.5 Å². The summed E-state index contributed by atoms with van der Waals surface area (Å²) in [5.74, 6) is 0.0444. The van der Waals surface area contributed by atoms with Gasteiger partial charge in [-0.25, -0.2) is 0 Å². The molecule has 1 fully saturated rings. The number of hydrogen-bond acceptors (Lipinski definition) is 4. The van der Waals surface area contributed by atoms with Crippen molar-refractivity contribution in [2.24, 2.45) is 0 Å². The number of allylic oxidation sites excluding steroid dienone is 1. The summed E-state index contributed by atoms with van der Waals surface area (Å²) in [7, 11) is 0. The van der Waals surface area contributed by atoms with Crippen LogP contribution in [0.15, 0.2) is 71.6 Å². The van der Waals surface area contributed by atoms with Gasteiger partial charge in [0.15, 0.2) is 4.32 Å². The summed E-state index contributed by atoms with van der Waals surface area (Å²) in [6.45, 7) is 1.88. The van der Waals surface area contributed by atoms with Gasteiger partial charge in [-0.15, -0.1) is 0 Å². The number of aromatic hydroxyl groups is 1. The van der Waals surface area contributed by atoms with Crippen molar-refractivity contribution in [3.05, 3.63) is 77.2 Å². The quantitative estimate of drug-likeness (QED) is 0.483. The summed E-state index contributed by atoms with van der Waals surface area (Å²) in [4.78, 5) is 15.2. The number of anilines is 1. The van der Waals surface area contributed by atoms with Crippen molar-refractivity contribution in [2.45, 2.75) is 6.92 Å². The summed E-state index contributed by atoms with van der Waals surface area (Å²) in [5, 5.41) is 11.9. The fraction of sp³-hybridized carbons (Fsp3) is 0.0476. The second-order valence-corrected chi connectivity index (χ2v) is 7.69. The van der Waals surface area contributed by atoms with Gasteiger partial charge in [-0.05, 0) is 53.1 Å². The molecule has 5 heteroatoms. The predicted octanol–water partition coefficient (Wildman–Crippen LogP) is 5.34. The molecule has 1 N–H and O–H groups in total. The molecule has 0 aromatic heterocycles. The zero-order valence-electron chi connectivity index (χ0n) is 14.0. The maximum atomic E-state index is 13.0. The molecule has 0 atom stereocenters. The second kappa shape index (κ2) is 6.59. The highest BCUT2D eigenvalue weighted by atomic mass is 32.2. The molecule has 0 aliphatic carbocycles. The van der Waals surface area contributed by atoms with E-state index in [0.29, 0.717) is 9.23 Å². The Hall–Kier alpha value is -2.63. The molecule has 128 valence electrons. The van der Waals surface area contributed by atoms with Gasteiger partial charge >= 0.3 is 0 Å². The molecule has 3 aromatic carbocycles. The van der Waals surface area contributed by atoms with Gasteiger partial charge in [-0.2, -0.15) is 0 Å². The van der Waals surface area contributed by atoms with Gasteiger partial charge in [0.05, 0.1) is 10.6 Å². The Labute approximate surface area is 160 Å². The third-order valence-corrected chi connectivity index (χ3v) is 5.85. The minimum absolute atomic E-state index is 0.129. The second-order valence-electron chi connectivity index (χ2n) is 6.04. The molecule has 0 radical (unpaired) electrons. The average molecular weight is 377 g/mol.